The molecule has 1 unspecified atom stereocenters. The Morgan fingerprint density at radius 1 is 1.28 bits per heavy atom. The minimum absolute atomic E-state index is 0.0130. The highest BCUT2D eigenvalue weighted by Gasteiger charge is 2.28. The van der Waals surface area contributed by atoms with Crippen molar-refractivity contribution in [3.63, 3.8) is 0 Å². The van der Waals surface area contributed by atoms with Crippen molar-refractivity contribution in [2.75, 3.05) is 24.2 Å². The lowest BCUT2D eigenvalue weighted by atomic mass is 10.1. The molecule has 0 saturated carbocycles. The number of rotatable bonds is 6. The normalized spacial score (nSPS) is 16.8. The highest BCUT2D eigenvalue weighted by molar-refractivity contribution is 8.01. The lowest BCUT2D eigenvalue weighted by molar-refractivity contribution is -0.113. The molecule has 1 fully saturated rings. The van der Waals surface area contributed by atoms with Gasteiger partial charge in [0.2, 0.25) is 5.91 Å². The number of carbonyl (C=O) groups excluding carboxylic acids is 2. The molecule has 25 heavy (non-hydrogen) atoms. The van der Waals surface area contributed by atoms with Crippen LogP contribution in [0.25, 0.3) is 0 Å². The van der Waals surface area contributed by atoms with Gasteiger partial charge in [-0.2, -0.15) is 0 Å². The lowest BCUT2D eigenvalue weighted by Crippen LogP contribution is -2.39. The molecule has 7 heteroatoms. The van der Waals surface area contributed by atoms with E-state index in [0.29, 0.717) is 23.5 Å². The molecule has 1 aliphatic rings. The number of benzene rings is 1. The number of nitrogens with two attached hydrogens (primary N) is 1. The maximum atomic E-state index is 12.6. The van der Waals surface area contributed by atoms with Crippen molar-refractivity contribution in [2.24, 2.45) is 5.73 Å². The van der Waals surface area contributed by atoms with Gasteiger partial charge in [-0.15, -0.1) is 23.1 Å². The Morgan fingerprint density at radius 2 is 2.08 bits per heavy atom. The van der Waals surface area contributed by atoms with Crippen LogP contribution in [0.4, 0.5) is 5.69 Å². The van der Waals surface area contributed by atoms with Crippen LogP contribution in [0.3, 0.4) is 0 Å². The van der Waals surface area contributed by atoms with Crippen molar-refractivity contribution in [1.82, 2.24) is 4.90 Å². The van der Waals surface area contributed by atoms with Gasteiger partial charge in [-0.1, -0.05) is 6.07 Å². The van der Waals surface area contributed by atoms with E-state index in [-0.39, 0.29) is 17.9 Å². The molecule has 0 spiro atoms. The quantitative estimate of drug-likeness (QED) is 0.761. The van der Waals surface area contributed by atoms with Gasteiger partial charge in [0.05, 0.1) is 9.96 Å². The standard InChI is InChI=1S/C18H21N3O2S2/c19-11-15-3-1-9-21(15)18(23)13-5-7-14(8-6-13)20-16(22)12-25-17-4-2-10-24-17/h2,4-8,10,15H,1,3,9,11-12,19H2,(H,20,22). The molecule has 3 rings (SSSR count). The predicted molar refractivity (Wildman–Crippen MR) is 103 cm³/mol. The van der Waals surface area contributed by atoms with Crippen LogP contribution in [0.1, 0.15) is 23.2 Å². The Hall–Kier alpha value is -1.83. The summed E-state index contributed by atoms with van der Waals surface area (Å²) in [6.07, 6.45) is 1.97. The Balaban J connectivity index is 1.54. The van der Waals surface area contributed by atoms with Crippen LogP contribution >= 0.6 is 23.1 Å². The van der Waals surface area contributed by atoms with Crippen molar-refractivity contribution in [1.29, 1.82) is 0 Å². The zero-order valence-corrected chi connectivity index (χ0v) is 15.4. The second-order valence-electron chi connectivity index (χ2n) is 5.88. The summed E-state index contributed by atoms with van der Waals surface area (Å²) in [6.45, 7) is 1.26. The smallest absolute Gasteiger partial charge is 0.254 e. The van der Waals surface area contributed by atoms with Gasteiger partial charge in [-0.25, -0.2) is 0 Å². The van der Waals surface area contributed by atoms with E-state index in [1.807, 2.05) is 22.4 Å². The van der Waals surface area contributed by atoms with Crippen LogP contribution in [0.15, 0.2) is 46.0 Å². The van der Waals surface area contributed by atoms with Crippen LogP contribution in [0, 0.1) is 0 Å². The molecule has 132 valence electrons. The fourth-order valence-electron chi connectivity index (χ4n) is 2.89. The second-order valence-corrected chi connectivity index (χ2v) is 8.10. The van der Waals surface area contributed by atoms with Crippen LogP contribution in [0.2, 0.25) is 0 Å². The average molecular weight is 376 g/mol. The third kappa shape index (κ3) is 4.62. The Bertz CT molecular complexity index is 716. The molecule has 0 bridgehead atoms. The zero-order chi connectivity index (χ0) is 17.6. The van der Waals surface area contributed by atoms with Gasteiger partial charge in [0.25, 0.3) is 5.91 Å². The SMILES string of the molecule is NCC1CCCN1C(=O)c1ccc(NC(=O)CSc2cccs2)cc1. The van der Waals surface area contributed by atoms with Crippen LogP contribution in [-0.2, 0) is 4.79 Å². The van der Waals surface area contributed by atoms with E-state index in [1.165, 1.54) is 11.8 Å². The van der Waals surface area contributed by atoms with Crippen molar-refractivity contribution >= 4 is 40.6 Å². The number of amides is 2. The number of hydrogen-bond donors (Lipinski definition) is 2. The topological polar surface area (TPSA) is 75.4 Å². The summed E-state index contributed by atoms with van der Waals surface area (Å²) < 4.78 is 1.12. The molecule has 1 saturated heterocycles. The maximum absolute atomic E-state index is 12.6. The molecule has 2 aromatic rings. The molecule has 2 amide bonds. The summed E-state index contributed by atoms with van der Waals surface area (Å²) in [7, 11) is 0. The average Bonchev–Trinajstić information content (AvgIpc) is 3.31. The van der Waals surface area contributed by atoms with E-state index in [4.69, 9.17) is 5.73 Å². The third-order valence-electron chi connectivity index (χ3n) is 4.17. The Morgan fingerprint density at radius 3 is 2.76 bits per heavy atom. The predicted octanol–water partition coefficient (Wildman–Crippen LogP) is 3.04. The summed E-state index contributed by atoms with van der Waals surface area (Å²) in [6, 6.07) is 11.2. The summed E-state index contributed by atoms with van der Waals surface area (Å²) in [5, 5.41) is 4.85. The number of anilines is 1. The number of thiophene rings is 1. The summed E-state index contributed by atoms with van der Waals surface area (Å²) in [5.74, 6) is 0.326. The fourth-order valence-corrected chi connectivity index (χ4v) is 4.47. The van der Waals surface area contributed by atoms with Gasteiger partial charge in [0.15, 0.2) is 0 Å². The lowest BCUT2D eigenvalue weighted by Gasteiger charge is -2.23. The minimum atomic E-state index is -0.0554. The molecule has 2 heterocycles. The molecule has 3 N–H and O–H groups in total. The molecule has 5 nitrogen and oxygen atoms in total. The highest BCUT2D eigenvalue weighted by Crippen LogP contribution is 2.24. The zero-order valence-electron chi connectivity index (χ0n) is 13.8. The highest BCUT2D eigenvalue weighted by atomic mass is 32.2. The van der Waals surface area contributed by atoms with Crippen molar-refractivity contribution in [3.05, 3.63) is 47.3 Å². The monoisotopic (exact) mass is 375 g/mol. The summed E-state index contributed by atoms with van der Waals surface area (Å²) in [5.41, 5.74) is 7.07. The number of nitrogens with zero attached hydrogens (tertiary/aromatic N) is 1. The third-order valence-corrected chi connectivity index (χ3v) is 6.30. The van der Waals surface area contributed by atoms with Gasteiger partial charge < -0.3 is 16.0 Å². The molecule has 1 aromatic carbocycles. The fraction of sp³-hybridized carbons (Fsp3) is 0.333. The number of hydrogen-bond acceptors (Lipinski definition) is 5. The Labute approximate surface area is 155 Å². The first-order chi connectivity index (χ1) is 12.2. The van der Waals surface area contributed by atoms with Crippen LogP contribution < -0.4 is 11.1 Å². The molecule has 0 radical (unpaired) electrons. The summed E-state index contributed by atoms with van der Waals surface area (Å²) >= 11 is 3.14. The molecule has 1 aliphatic heterocycles. The minimum Gasteiger partial charge on any atom is -0.334 e. The van der Waals surface area contributed by atoms with E-state index in [1.54, 1.807) is 35.6 Å². The second kappa shape index (κ2) is 8.51. The molecular weight excluding hydrogens is 354 g/mol. The number of nitrogens with one attached hydrogen (secondary N) is 1. The molecule has 1 aromatic heterocycles. The first-order valence-corrected chi connectivity index (χ1v) is 10.1. The van der Waals surface area contributed by atoms with Gasteiger partial charge in [0.1, 0.15) is 0 Å². The van der Waals surface area contributed by atoms with E-state index >= 15 is 0 Å². The molecule has 0 aliphatic carbocycles. The Kier molecular flexibility index (Phi) is 6.12. The van der Waals surface area contributed by atoms with Gasteiger partial charge in [-0.3, -0.25) is 9.59 Å². The number of carbonyl (C=O) groups is 2. The van der Waals surface area contributed by atoms with Crippen molar-refractivity contribution in [2.45, 2.75) is 23.1 Å². The number of thioether (sulfide) groups is 1. The van der Waals surface area contributed by atoms with E-state index in [9.17, 15) is 9.59 Å². The largest absolute Gasteiger partial charge is 0.334 e. The van der Waals surface area contributed by atoms with E-state index in [0.717, 1.165) is 23.6 Å². The van der Waals surface area contributed by atoms with Crippen molar-refractivity contribution in [3.8, 4) is 0 Å². The first-order valence-electron chi connectivity index (χ1n) is 8.24. The van der Waals surface area contributed by atoms with E-state index in [2.05, 4.69) is 5.32 Å². The van der Waals surface area contributed by atoms with Gasteiger partial charge in [-0.05, 0) is 48.6 Å². The summed E-state index contributed by atoms with van der Waals surface area (Å²) in [4.78, 5) is 26.4. The van der Waals surface area contributed by atoms with Gasteiger partial charge >= 0.3 is 0 Å². The molecular formula is C18H21N3O2S2. The van der Waals surface area contributed by atoms with Crippen LogP contribution in [0.5, 0.6) is 0 Å². The maximum Gasteiger partial charge on any atom is 0.254 e. The van der Waals surface area contributed by atoms with E-state index < -0.39 is 0 Å². The number of likely N-dealkylation sites (tertiary alicyclic amines) is 1. The first kappa shape index (κ1) is 18.0. The van der Waals surface area contributed by atoms with Crippen LogP contribution in [-0.4, -0.2) is 41.6 Å². The molecule has 1 atom stereocenters. The van der Waals surface area contributed by atoms with Gasteiger partial charge in [0, 0.05) is 30.4 Å². The van der Waals surface area contributed by atoms with Crippen molar-refractivity contribution < 1.29 is 9.59 Å².